The summed E-state index contributed by atoms with van der Waals surface area (Å²) in [6.45, 7) is 2.54. The van der Waals surface area contributed by atoms with Gasteiger partial charge in [-0.2, -0.15) is 0 Å². The first-order valence-electron chi connectivity index (χ1n) is 11.6. The second kappa shape index (κ2) is 11.1. The van der Waals surface area contributed by atoms with E-state index in [0.717, 1.165) is 61.0 Å². The third-order valence-corrected chi connectivity index (χ3v) is 6.37. The number of carbonyl (C=O) groups is 1. The molecule has 1 heterocycles. The Bertz CT molecular complexity index is 1090. The minimum Gasteiger partial charge on any atom is -0.497 e. The number of benzene rings is 3. The Morgan fingerprint density at radius 2 is 1.62 bits per heavy atom. The SMILES string of the molecule is COc1cccc(N(C(=O)c2ccccc2)C2CCN(Cc3cccc(OC)c3OC)CC2)c1. The van der Waals surface area contributed by atoms with Crippen LogP contribution in [0.25, 0.3) is 0 Å². The van der Waals surface area contributed by atoms with Crippen molar-refractivity contribution in [3.05, 3.63) is 83.9 Å². The average molecular weight is 461 g/mol. The maximum absolute atomic E-state index is 13.6. The number of hydrogen-bond donors (Lipinski definition) is 0. The summed E-state index contributed by atoms with van der Waals surface area (Å²) in [7, 11) is 4.98. The summed E-state index contributed by atoms with van der Waals surface area (Å²) in [5.74, 6) is 2.28. The number of carbonyl (C=O) groups excluding carboxylic acids is 1. The molecule has 1 aliphatic heterocycles. The van der Waals surface area contributed by atoms with Crippen molar-refractivity contribution >= 4 is 11.6 Å². The molecule has 0 aliphatic carbocycles. The van der Waals surface area contributed by atoms with Gasteiger partial charge in [0.2, 0.25) is 0 Å². The van der Waals surface area contributed by atoms with Crippen LogP contribution in [0.15, 0.2) is 72.8 Å². The number of rotatable bonds is 8. The van der Waals surface area contributed by atoms with Crippen LogP contribution in [0, 0.1) is 0 Å². The second-order valence-electron chi connectivity index (χ2n) is 8.40. The van der Waals surface area contributed by atoms with Gasteiger partial charge in [-0.1, -0.05) is 36.4 Å². The number of nitrogens with zero attached hydrogens (tertiary/aromatic N) is 2. The second-order valence-corrected chi connectivity index (χ2v) is 8.40. The molecule has 1 fully saturated rings. The van der Waals surface area contributed by atoms with Crippen molar-refractivity contribution in [2.24, 2.45) is 0 Å². The first kappa shape index (κ1) is 23.6. The van der Waals surface area contributed by atoms with Crippen LogP contribution in [-0.4, -0.2) is 51.3 Å². The molecule has 6 heteroatoms. The molecular weight excluding hydrogens is 428 g/mol. The van der Waals surface area contributed by atoms with E-state index in [1.165, 1.54) is 0 Å². The van der Waals surface area contributed by atoms with Crippen LogP contribution in [-0.2, 0) is 6.54 Å². The van der Waals surface area contributed by atoms with Crippen LogP contribution in [0.3, 0.4) is 0 Å². The monoisotopic (exact) mass is 460 g/mol. The lowest BCUT2D eigenvalue weighted by Gasteiger charge is -2.39. The van der Waals surface area contributed by atoms with Gasteiger partial charge in [-0.3, -0.25) is 9.69 Å². The van der Waals surface area contributed by atoms with Crippen LogP contribution in [0.4, 0.5) is 5.69 Å². The molecule has 0 aromatic heterocycles. The fourth-order valence-corrected chi connectivity index (χ4v) is 4.63. The van der Waals surface area contributed by atoms with Crippen molar-refractivity contribution < 1.29 is 19.0 Å². The molecule has 4 rings (SSSR count). The zero-order valence-electron chi connectivity index (χ0n) is 20.1. The summed E-state index contributed by atoms with van der Waals surface area (Å²) in [6, 6.07) is 23.3. The lowest BCUT2D eigenvalue weighted by molar-refractivity contribution is 0.0958. The average Bonchev–Trinajstić information content (AvgIpc) is 2.90. The van der Waals surface area contributed by atoms with Crippen LogP contribution in [0.5, 0.6) is 17.2 Å². The summed E-state index contributed by atoms with van der Waals surface area (Å²) in [4.78, 5) is 18.0. The van der Waals surface area contributed by atoms with E-state index < -0.39 is 0 Å². The fourth-order valence-electron chi connectivity index (χ4n) is 4.63. The van der Waals surface area contributed by atoms with E-state index in [2.05, 4.69) is 11.0 Å². The zero-order chi connectivity index (χ0) is 23.9. The number of ether oxygens (including phenoxy) is 3. The van der Waals surface area contributed by atoms with Gasteiger partial charge in [-0.05, 0) is 43.2 Å². The molecular formula is C28H32N2O4. The van der Waals surface area contributed by atoms with E-state index in [9.17, 15) is 4.79 Å². The van der Waals surface area contributed by atoms with Gasteiger partial charge in [-0.15, -0.1) is 0 Å². The Morgan fingerprint density at radius 1 is 0.882 bits per heavy atom. The number of amides is 1. The minimum atomic E-state index is 0.0155. The highest BCUT2D eigenvalue weighted by molar-refractivity contribution is 6.06. The topological polar surface area (TPSA) is 51.2 Å². The van der Waals surface area contributed by atoms with E-state index >= 15 is 0 Å². The summed E-state index contributed by atoms with van der Waals surface area (Å²) < 4.78 is 16.5. The first-order chi connectivity index (χ1) is 16.6. The predicted molar refractivity (Wildman–Crippen MR) is 134 cm³/mol. The minimum absolute atomic E-state index is 0.0155. The molecule has 0 radical (unpaired) electrons. The summed E-state index contributed by atoms with van der Waals surface area (Å²) in [5.41, 5.74) is 2.65. The summed E-state index contributed by atoms with van der Waals surface area (Å²) in [5, 5.41) is 0. The van der Waals surface area contributed by atoms with Gasteiger partial charge in [0, 0.05) is 48.6 Å². The smallest absolute Gasteiger partial charge is 0.258 e. The quantitative estimate of drug-likeness (QED) is 0.472. The molecule has 0 bridgehead atoms. The Balaban J connectivity index is 1.53. The van der Waals surface area contributed by atoms with Crippen LogP contribution in [0.2, 0.25) is 0 Å². The molecule has 1 aliphatic rings. The Kier molecular flexibility index (Phi) is 7.70. The van der Waals surface area contributed by atoms with Gasteiger partial charge in [0.1, 0.15) is 5.75 Å². The highest BCUT2D eigenvalue weighted by Gasteiger charge is 2.30. The number of hydrogen-bond acceptors (Lipinski definition) is 5. The largest absolute Gasteiger partial charge is 0.497 e. The molecule has 1 saturated heterocycles. The number of likely N-dealkylation sites (tertiary alicyclic amines) is 1. The molecule has 0 spiro atoms. The fraction of sp³-hybridized carbons (Fsp3) is 0.321. The highest BCUT2D eigenvalue weighted by Crippen LogP contribution is 2.33. The van der Waals surface area contributed by atoms with Gasteiger partial charge in [0.15, 0.2) is 11.5 Å². The third-order valence-electron chi connectivity index (χ3n) is 6.37. The van der Waals surface area contributed by atoms with Crippen molar-refractivity contribution in [3.63, 3.8) is 0 Å². The van der Waals surface area contributed by atoms with Gasteiger partial charge >= 0.3 is 0 Å². The van der Waals surface area contributed by atoms with Crippen molar-refractivity contribution in [1.29, 1.82) is 0 Å². The number of para-hydroxylation sites is 1. The zero-order valence-corrected chi connectivity index (χ0v) is 20.1. The highest BCUT2D eigenvalue weighted by atomic mass is 16.5. The lowest BCUT2D eigenvalue weighted by Crippen LogP contribution is -2.47. The van der Waals surface area contributed by atoms with Crippen molar-refractivity contribution in [2.75, 3.05) is 39.3 Å². The maximum Gasteiger partial charge on any atom is 0.258 e. The summed E-state index contributed by atoms with van der Waals surface area (Å²) in [6.07, 6.45) is 1.75. The van der Waals surface area contributed by atoms with Crippen LogP contribution in [0.1, 0.15) is 28.8 Å². The lowest BCUT2D eigenvalue weighted by atomic mass is 10.00. The first-order valence-corrected chi connectivity index (χ1v) is 11.6. The van der Waals surface area contributed by atoms with Gasteiger partial charge in [-0.25, -0.2) is 0 Å². The van der Waals surface area contributed by atoms with E-state index in [-0.39, 0.29) is 11.9 Å². The van der Waals surface area contributed by atoms with Crippen LogP contribution < -0.4 is 19.1 Å². The van der Waals surface area contributed by atoms with Crippen LogP contribution >= 0.6 is 0 Å². The van der Waals surface area contributed by atoms with E-state index in [1.54, 1.807) is 21.3 Å². The normalized spacial score (nSPS) is 14.4. The van der Waals surface area contributed by atoms with Crippen molar-refractivity contribution in [1.82, 2.24) is 4.90 Å². The van der Waals surface area contributed by atoms with Gasteiger partial charge < -0.3 is 19.1 Å². The Hall–Kier alpha value is -3.51. The molecule has 34 heavy (non-hydrogen) atoms. The Morgan fingerprint density at radius 3 is 2.29 bits per heavy atom. The Labute approximate surface area is 201 Å². The molecule has 178 valence electrons. The van der Waals surface area contributed by atoms with E-state index in [1.807, 2.05) is 71.6 Å². The molecule has 6 nitrogen and oxygen atoms in total. The molecule has 0 unspecified atom stereocenters. The standard InChI is InChI=1S/C28H32N2O4/c1-32-25-13-8-12-24(19-25)30(28(31)21-9-5-4-6-10-21)23-15-17-29(18-16-23)20-22-11-7-14-26(33-2)27(22)34-3/h4-14,19,23H,15-18,20H2,1-3H3. The summed E-state index contributed by atoms with van der Waals surface area (Å²) >= 11 is 0. The van der Waals surface area contributed by atoms with Gasteiger partial charge in [0.25, 0.3) is 5.91 Å². The molecule has 1 amide bonds. The van der Waals surface area contributed by atoms with E-state index in [0.29, 0.717) is 5.56 Å². The molecule has 0 atom stereocenters. The molecule has 3 aromatic rings. The number of methoxy groups -OCH3 is 3. The number of anilines is 1. The molecule has 0 saturated carbocycles. The number of piperidine rings is 1. The molecule has 3 aromatic carbocycles. The van der Waals surface area contributed by atoms with Gasteiger partial charge in [0.05, 0.1) is 21.3 Å². The van der Waals surface area contributed by atoms with Crippen molar-refractivity contribution in [2.45, 2.75) is 25.4 Å². The molecule has 0 N–H and O–H groups in total. The third kappa shape index (κ3) is 5.18. The maximum atomic E-state index is 13.6. The predicted octanol–water partition coefficient (Wildman–Crippen LogP) is 5.02. The van der Waals surface area contributed by atoms with Crippen molar-refractivity contribution in [3.8, 4) is 17.2 Å². The van der Waals surface area contributed by atoms with E-state index in [4.69, 9.17) is 14.2 Å².